The maximum Gasteiger partial charge on any atom is 0.460 e. The van der Waals surface area contributed by atoms with Gasteiger partial charge in [0.1, 0.15) is 17.5 Å². The van der Waals surface area contributed by atoms with Crippen LogP contribution in [0.4, 0.5) is 44.3 Å². The topological polar surface area (TPSA) is 82.1 Å². The predicted molar refractivity (Wildman–Crippen MR) is 94.5 cm³/mol. The average Bonchev–Trinajstić information content (AvgIpc) is 3.00. The first-order valence-corrected chi connectivity index (χ1v) is 10.9. The average molecular weight is 537 g/mol. The Morgan fingerprint density at radius 2 is 1.47 bits per heavy atom. The molecule has 1 saturated heterocycles. The summed E-state index contributed by atoms with van der Waals surface area (Å²) in [5.41, 5.74) is -2.11. The van der Waals surface area contributed by atoms with E-state index in [1.54, 1.807) is 20.8 Å². The molecule has 0 unspecified atom stereocenters. The summed E-state index contributed by atoms with van der Waals surface area (Å²) < 4.78 is 155. The fraction of sp³-hybridized carbons (Fsp3) is 0.824. The molecule has 1 amide bonds. The Labute approximate surface area is 187 Å². The second-order valence-corrected chi connectivity index (χ2v) is 10.3. The Morgan fingerprint density at radius 1 is 0.971 bits per heavy atom. The van der Waals surface area contributed by atoms with Gasteiger partial charge >= 0.3 is 39.5 Å². The highest BCUT2D eigenvalue weighted by Gasteiger charge is 2.86. The van der Waals surface area contributed by atoms with Gasteiger partial charge in [-0.25, -0.2) is 4.79 Å². The number of hydrogen-bond acceptors (Lipinski definition) is 6. The van der Waals surface area contributed by atoms with Gasteiger partial charge in [0.15, 0.2) is 5.76 Å². The number of nitrogens with zero attached hydrogens (tertiary/aromatic N) is 1. The van der Waals surface area contributed by atoms with Gasteiger partial charge in [-0.3, -0.25) is 0 Å². The third-order valence-electron chi connectivity index (χ3n) is 4.91. The van der Waals surface area contributed by atoms with Crippen molar-refractivity contribution in [2.45, 2.75) is 74.5 Å². The molecule has 198 valence electrons. The van der Waals surface area contributed by atoms with E-state index >= 15 is 0 Å². The lowest BCUT2D eigenvalue weighted by Gasteiger charge is -2.38. The number of piperidine rings is 1. The first-order valence-electron chi connectivity index (χ1n) is 9.47. The lowest BCUT2D eigenvalue weighted by atomic mass is 9.89. The molecule has 2 aliphatic heterocycles. The molecule has 2 heterocycles. The van der Waals surface area contributed by atoms with Crippen molar-refractivity contribution in [2.75, 3.05) is 13.1 Å². The van der Waals surface area contributed by atoms with Crippen LogP contribution in [0.2, 0.25) is 0 Å². The predicted octanol–water partition coefficient (Wildman–Crippen LogP) is 4.79. The second-order valence-electron chi connectivity index (χ2n) is 8.73. The Kier molecular flexibility index (Phi) is 6.84. The van der Waals surface area contributed by atoms with E-state index in [0.717, 1.165) is 0 Å². The van der Waals surface area contributed by atoms with E-state index in [2.05, 4.69) is 4.18 Å². The molecule has 17 heteroatoms. The van der Waals surface area contributed by atoms with Crippen molar-refractivity contribution in [3.05, 3.63) is 12.0 Å². The molecule has 0 radical (unpaired) electrons. The lowest BCUT2D eigenvalue weighted by Crippen LogP contribution is -2.63. The van der Waals surface area contributed by atoms with Gasteiger partial charge < -0.3 is 18.6 Å². The summed E-state index contributed by atoms with van der Waals surface area (Å²) in [4.78, 5) is 13.3. The number of ether oxygens (including phenoxy) is 2. The number of amides is 1. The zero-order valence-corrected chi connectivity index (χ0v) is 18.6. The van der Waals surface area contributed by atoms with Gasteiger partial charge in [0.2, 0.25) is 0 Å². The minimum absolute atomic E-state index is 0.00514. The highest BCUT2D eigenvalue weighted by molar-refractivity contribution is 7.88. The Bertz CT molecular complexity index is 932. The van der Waals surface area contributed by atoms with Gasteiger partial charge in [-0.15, -0.1) is 0 Å². The molecule has 0 aromatic heterocycles. The van der Waals surface area contributed by atoms with Crippen LogP contribution in [-0.4, -0.2) is 67.0 Å². The normalized spacial score (nSPS) is 20.1. The molecule has 1 spiro atoms. The summed E-state index contributed by atoms with van der Waals surface area (Å²) in [5.74, 6) is -15.8. The number of likely N-dealkylation sites (tertiary alicyclic amines) is 1. The van der Waals surface area contributed by atoms with Crippen LogP contribution < -0.4 is 0 Å². The van der Waals surface area contributed by atoms with Crippen LogP contribution in [0.25, 0.3) is 0 Å². The summed E-state index contributed by atoms with van der Waals surface area (Å²) in [7, 11) is -7.04. The molecule has 7 nitrogen and oxygen atoms in total. The number of carbonyl (C=O) groups excluding carboxylic acids is 1. The summed E-state index contributed by atoms with van der Waals surface area (Å²) in [5, 5.41) is -6.96. The standard InChI is InChI=1S/C17H20F9NO6S/c1-12(2,3)32-11(28)27-6-4-13(5-7-27)8-10(9-31-13)33-34(29,30)17(25,26)15(20,21)14(18,19)16(22,23)24/h9H,4-8H2,1-3H3. The molecule has 0 aromatic rings. The van der Waals surface area contributed by atoms with E-state index in [0.29, 0.717) is 6.26 Å². The lowest BCUT2D eigenvalue weighted by molar-refractivity contribution is -0.382. The monoisotopic (exact) mass is 537 g/mol. The first-order chi connectivity index (χ1) is 15.0. The fourth-order valence-corrected chi connectivity index (χ4v) is 4.00. The number of halogens is 9. The fourth-order valence-electron chi connectivity index (χ4n) is 3.07. The number of hydrogen-bond donors (Lipinski definition) is 0. The molecule has 0 N–H and O–H groups in total. The molecule has 0 aliphatic carbocycles. The van der Waals surface area contributed by atoms with Crippen LogP contribution in [0.15, 0.2) is 12.0 Å². The third kappa shape index (κ3) is 4.98. The smallest absolute Gasteiger partial charge is 0.460 e. The van der Waals surface area contributed by atoms with Crippen LogP contribution in [-0.2, 0) is 23.8 Å². The van der Waals surface area contributed by atoms with Gasteiger partial charge in [0, 0.05) is 32.4 Å². The summed E-state index contributed by atoms with van der Waals surface area (Å²) in [6.45, 7) is 4.85. The van der Waals surface area contributed by atoms with Crippen molar-refractivity contribution in [2.24, 2.45) is 0 Å². The van der Waals surface area contributed by atoms with Crippen LogP contribution >= 0.6 is 0 Å². The minimum atomic E-state index is -7.40. The number of rotatable bonds is 5. The molecule has 2 aliphatic rings. The zero-order valence-electron chi connectivity index (χ0n) is 17.8. The van der Waals surface area contributed by atoms with Crippen LogP contribution in [0.1, 0.15) is 40.0 Å². The number of carbonyl (C=O) groups is 1. The van der Waals surface area contributed by atoms with Crippen molar-refractivity contribution >= 4 is 16.2 Å². The molecule has 0 bridgehead atoms. The molecular weight excluding hydrogens is 517 g/mol. The maximum atomic E-state index is 13.8. The molecular formula is C17H20F9NO6S. The van der Waals surface area contributed by atoms with E-state index in [-0.39, 0.29) is 25.9 Å². The highest BCUT2D eigenvalue weighted by atomic mass is 32.2. The van der Waals surface area contributed by atoms with E-state index < -0.39 is 62.9 Å². The van der Waals surface area contributed by atoms with E-state index in [4.69, 9.17) is 9.47 Å². The molecule has 0 atom stereocenters. The van der Waals surface area contributed by atoms with Crippen LogP contribution in [0, 0.1) is 0 Å². The SMILES string of the molecule is CC(C)(C)OC(=O)N1CCC2(CC1)CC(OS(=O)(=O)C(F)(F)C(F)(F)C(F)(F)C(F)(F)F)=CO2. The van der Waals surface area contributed by atoms with Crippen LogP contribution in [0.5, 0.6) is 0 Å². The summed E-state index contributed by atoms with van der Waals surface area (Å²) in [6, 6.07) is 0. The molecule has 0 aromatic carbocycles. The Balaban J connectivity index is 2.10. The Morgan fingerprint density at radius 3 is 1.91 bits per heavy atom. The van der Waals surface area contributed by atoms with E-state index in [1.807, 2.05) is 0 Å². The largest absolute Gasteiger partial charge is 0.491 e. The zero-order chi connectivity index (χ0) is 26.6. The second kappa shape index (κ2) is 8.26. The molecule has 2 rings (SSSR count). The van der Waals surface area contributed by atoms with Crippen molar-refractivity contribution in [1.29, 1.82) is 0 Å². The summed E-state index contributed by atoms with van der Waals surface area (Å²) in [6.07, 6.45) is -8.07. The quantitative estimate of drug-likeness (QED) is 0.371. The maximum absolute atomic E-state index is 13.8. The van der Waals surface area contributed by atoms with E-state index in [9.17, 15) is 52.7 Å². The van der Waals surface area contributed by atoms with Gasteiger partial charge in [0.05, 0.1) is 0 Å². The minimum Gasteiger partial charge on any atom is -0.491 e. The molecule has 34 heavy (non-hydrogen) atoms. The highest BCUT2D eigenvalue weighted by Crippen LogP contribution is 2.55. The van der Waals surface area contributed by atoms with Crippen molar-refractivity contribution in [1.82, 2.24) is 4.90 Å². The van der Waals surface area contributed by atoms with Gasteiger partial charge in [-0.2, -0.15) is 47.9 Å². The van der Waals surface area contributed by atoms with Crippen molar-refractivity contribution in [3.8, 4) is 0 Å². The van der Waals surface area contributed by atoms with Crippen molar-refractivity contribution in [3.63, 3.8) is 0 Å². The first kappa shape index (κ1) is 28.2. The Hall–Kier alpha value is -2.07. The number of alkyl halides is 9. The molecule has 0 saturated carbocycles. The van der Waals surface area contributed by atoms with Crippen molar-refractivity contribution < 1.29 is 66.4 Å². The van der Waals surface area contributed by atoms with Gasteiger partial charge in [0.25, 0.3) is 0 Å². The van der Waals surface area contributed by atoms with Gasteiger partial charge in [-0.05, 0) is 20.8 Å². The third-order valence-corrected chi connectivity index (χ3v) is 6.23. The summed E-state index contributed by atoms with van der Waals surface area (Å²) >= 11 is 0. The van der Waals surface area contributed by atoms with Gasteiger partial charge in [-0.1, -0.05) is 0 Å². The molecule has 1 fully saturated rings. The van der Waals surface area contributed by atoms with E-state index in [1.165, 1.54) is 4.90 Å². The van der Waals surface area contributed by atoms with Crippen LogP contribution in [0.3, 0.4) is 0 Å².